The van der Waals surface area contributed by atoms with Gasteiger partial charge in [0.05, 0.1) is 16.5 Å². The van der Waals surface area contributed by atoms with Gasteiger partial charge in [-0.15, -0.1) is 0 Å². The van der Waals surface area contributed by atoms with Gasteiger partial charge in [0.25, 0.3) is 0 Å². The topological polar surface area (TPSA) is 66.4 Å². The van der Waals surface area contributed by atoms with Crippen LogP contribution in [0.15, 0.2) is 17.0 Å². The summed E-state index contributed by atoms with van der Waals surface area (Å²) in [6.45, 7) is -0.511. The zero-order chi connectivity index (χ0) is 14.8. The van der Waals surface area contributed by atoms with Crippen LogP contribution in [-0.4, -0.2) is 19.6 Å². The number of hydrogen-bond donors (Lipinski definition) is 2. The molecular formula is C13H17ClFNO3S. The second-order valence-electron chi connectivity index (χ2n) is 4.99. The Hall–Kier alpha value is -0.690. The zero-order valence-electron chi connectivity index (χ0n) is 10.9. The molecule has 4 nitrogen and oxygen atoms in total. The first kappa shape index (κ1) is 15.7. The lowest BCUT2D eigenvalue weighted by Crippen LogP contribution is -2.36. The van der Waals surface area contributed by atoms with Gasteiger partial charge in [0.15, 0.2) is 0 Å². The molecule has 0 spiro atoms. The molecule has 1 fully saturated rings. The van der Waals surface area contributed by atoms with Gasteiger partial charge in [-0.05, 0) is 25.0 Å². The van der Waals surface area contributed by atoms with Crippen molar-refractivity contribution in [1.82, 2.24) is 4.72 Å². The number of rotatable bonds is 4. The lowest BCUT2D eigenvalue weighted by molar-refractivity contribution is 0.281. The van der Waals surface area contributed by atoms with Gasteiger partial charge >= 0.3 is 0 Å². The van der Waals surface area contributed by atoms with E-state index in [1.54, 1.807) is 0 Å². The van der Waals surface area contributed by atoms with Crippen LogP contribution < -0.4 is 4.72 Å². The highest BCUT2D eigenvalue weighted by molar-refractivity contribution is 7.89. The highest BCUT2D eigenvalue weighted by Gasteiger charge is 2.23. The van der Waals surface area contributed by atoms with Crippen molar-refractivity contribution in [3.05, 3.63) is 28.5 Å². The van der Waals surface area contributed by atoms with Gasteiger partial charge in [-0.3, -0.25) is 0 Å². The molecule has 0 aliphatic heterocycles. The summed E-state index contributed by atoms with van der Waals surface area (Å²) >= 11 is 5.66. The normalized spacial score (nSPS) is 17.4. The number of hydrogen-bond acceptors (Lipinski definition) is 3. The SMILES string of the molecule is O=S(=O)(NC1CCCCC1)c1cc(F)c(Cl)c(CO)c1. The predicted molar refractivity (Wildman–Crippen MR) is 74.5 cm³/mol. The second-order valence-corrected chi connectivity index (χ2v) is 7.08. The Morgan fingerprint density at radius 2 is 1.95 bits per heavy atom. The molecule has 0 amide bonds. The summed E-state index contributed by atoms with van der Waals surface area (Å²) in [7, 11) is -3.79. The highest BCUT2D eigenvalue weighted by Crippen LogP contribution is 2.25. The molecule has 0 radical (unpaired) electrons. The van der Waals surface area contributed by atoms with E-state index in [0.717, 1.165) is 38.2 Å². The Balaban J connectivity index is 2.26. The minimum Gasteiger partial charge on any atom is -0.392 e. The lowest BCUT2D eigenvalue weighted by Gasteiger charge is -2.22. The summed E-state index contributed by atoms with van der Waals surface area (Å²) in [5, 5.41) is 8.84. The third kappa shape index (κ3) is 3.49. The number of aliphatic hydroxyl groups excluding tert-OH is 1. The minimum atomic E-state index is -3.79. The molecule has 1 aliphatic carbocycles. The number of sulfonamides is 1. The first-order valence-corrected chi connectivity index (χ1v) is 8.41. The van der Waals surface area contributed by atoms with Crippen molar-refractivity contribution in [2.75, 3.05) is 0 Å². The van der Waals surface area contributed by atoms with Gasteiger partial charge in [0, 0.05) is 11.6 Å². The van der Waals surface area contributed by atoms with E-state index in [2.05, 4.69) is 4.72 Å². The molecule has 1 aromatic rings. The van der Waals surface area contributed by atoms with Crippen LogP contribution >= 0.6 is 11.6 Å². The first-order valence-electron chi connectivity index (χ1n) is 6.55. The van der Waals surface area contributed by atoms with E-state index >= 15 is 0 Å². The van der Waals surface area contributed by atoms with E-state index in [-0.39, 0.29) is 21.5 Å². The highest BCUT2D eigenvalue weighted by atomic mass is 35.5. The summed E-state index contributed by atoms with van der Waals surface area (Å²) in [4.78, 5) is -0.200. The molecule has 7 heteroatoms. The van der Waals surface area contributed by atoms with Crippen LogP contribution in [0.25, 0.3) is 0 Å². The average molecular weight is 322 g/mol. The van der Waals surface area contributed by atoms with Crippen LogP contribution in [0.1, 0.15) is 37.7 Å². The fraction of sp³-hybridized carbons (Fsp3) is 0.538. The second kappa shape index (κ2) is 6.39. The molecule has 2 N–H and O–H groups in total. The van der Waals surface area contributed by atoms with Crippen molar-refractivity contribution >= 4 is 21.6 Å². The van der Waals surface area contributed by atoms with Crippen LogP contribution in [0, 0.1) is 5.82 Å². The van der Waals surface area contributed by atoms with E-state index in [1.165, 1.54) is 6.07 Å². The number of aliphatic hydroxyl groups is 1. The first-order chi connectivity index (χ1) is 9.44. The number of nitrogens with one attached hydrogen (secondary N) is 1. The monoisotopic (exact) mass is 321 g/mol. The predicted octanol–water partition coefficient (Wildman–Crippen LogP) is 2.58. The van der Waals surface area contributed by atoms with Crippen molar-refractivity contribution in [3.63, 3.8) is 0 Å². The van der Waals surface area contributed by atoms with Crippen LogP contribution in [0.5, 0.6) is 0 Å². The Kier molecular flexibility index (Phi) is 5.01. The molecule has 112 valence electrons. The molecule has 2 rings (SSSR count). The molecule has 0 aromatic heterocycles. The van der Waals surface area contributed by atoms with Gasteiger partial charge in [-0.2, -0.15) is 0 Å². The van der Waals surface area contributed by atoms with E-state index in [9.17, 15) is 12.8 Å². The quantitative estimate of drug-likeness (QED) is 0.895. The molecular weight excluding hydrogens is 305 g/mol. The lowest BCUT2D eigenvalue weighted by atomic mass is 9.96. The Morgan fingerprint density at radius 3 is 2.55 bits per heavy atom. The van der Waals surface area contributed by atoms with Crippen molar-refractivity contribution in [2.24, 2.45) is 0 Å². The molecule has 1 aliphatic rings. The summed E-state index contributed by atoms with van der Waals surface area (Å²) in [5.74, 6) is -0.845. The maximum atomic E-state index is 13.6. The fourth-order valence-electron chi connectivity index (χ4n) is 2.40. The van der Waals surface area contributed by atoms with Crippen molar-refractivity contribution in [2.45, 2.75) is 49.6 Å². The largest absolute Gasteiger partial charge is 0.392 e. The summed E-state index contributed by atoms with van der Waals surface area (Å²) in [6, 6.07) is 1.98. The summed E-state index contributed by atoms with van der Waals surface area (Å²) < 4.78 is 40.6. The van der Waals surface area contributed by atoms with E-state index in [4.69, 9.17) is 16.7 Å². The molecule has 0 bridgehead atoms. The molecule has 0 heterocycles. The summed E-state index contributed by atoms with van der Waals surface area (Å²) in [6.07, 6.45) is 4.68. The number of benzene rings is 1. The molecule has 1 aromatic carbocycles. The van der Waals surface area contributed by atoms with Crippen LogP contribution in [0.3, 0.4) is 0 Å². The third-order valence-corrected chi connectivity index (χ3v) is 5.41. The van der Waals surface area contributed by atoms with E-state index in [0.29, 0.717) is 0 Å². The van der Waals surface area contributed by atoms with Crippen molar-refractivity contribution < 1.29 is 17.9 Å². The Morgan fingerprint density at radius 1 is 1.30 bits per heavy atom. The van der Waals surface area contributed by atoms with Gasteiger partial charge < -0.3 is 5.11 Å². The van der Waals surface area contributed by atoms with Crippen LogP contribution in [-0.2, 0) is 16.6 Å². The Labute approximate surface area is 123 Å². The maximum Gasteiger partial charge on any atom is 0.240 e. The maximum absolute atomic E-state index is 13.6. The van der Waals surface area contributed by atoms with Crippen molar-refractivity contribution in [3.8, 4) is 0 Å². The molecule has 0 unspecified atom stereocenters. The molecule has 0 saturated heterocycles. The van der Waals surface area contributed by atoms with Gasteiger partial charge in [-0.1, -0.05) is 30.9 Å². The molecule has 0 atom stereocenters. The molecule has 20 heavy (non-hydrogen) atoms. The van der Waals surface area contributed by atoms with Crippen molar-refractivity contribution in [1.29, 1.82) is 0 Å². The third-order valence-electron chi connectivity index (χ3n) is 3.48. The van der Waals surface area contributed by atoms with E-state index in [1.807, 2.05) is 0 Å². The van der Waals surface area contributed by atoms with Crippen LogP contribution in [0.2, 0.25) is 5.02 Å². The number of halogens is 2. The Bertz CT molecular complexity index is 586. The van der Waals surface area contributed by atoms with E-state index < -0.39 is 22.4 Å². The van der Waals surface area contributed by atoms with Gasteiger partial charge in [-0.25, -0.2) is 17.5 Å². The van der Waals surface area contributed by atoms with Gasteiger partial charge in [0.2, 0.25) is 10.0 Å². The zero-order valence-corrected chi connectivity index (χ0v) is 12.5. The fourth-order valence-corrected chi connectivity index (χ4v) is 3.93. The van der Waals surface area contributed by atoms with Gasteiger partial charge in [0.1, 0.15) is 5.82 Å². The molecule has 1 saturated carbocycles. The smallest absolute Gasteiger partial charge is 0.240 e. The minimum absolute atomic E-state index is 0.0654. The average Bonchev–Trinajstić information content (AvgIpc) is 2.42. The summed E-state index contributed by atoms with van der Waals surface area (Å²) in [5.41, 5.74) is 0.0654. The van der Waals surface area contributed by atoms with Crippen LogP contribution in [0.4, 0.5) is 4.39 Å². The standard InChI is InChI=1S/C13H17ClFNO3S/c14-13-9(8-17)6-11(7-12(13)15)20(18,19)16-10-4-2-1-3-5-10/h6-7,10,16-17H,1-5,8H2.